The van der Waals surface area contributed by atoms with Gasteiger partial charge in [-0.1, -0.05) is 206 Å². The normalized spacial score (nSPS) is 12.9. The van der Waals surface area contributed by atoms with Gasteiger partial charge in [0, 0.05) is 16.9 Å². The Balaban J connectivity index is 1.16. The van der Waals surface area contributed by atoms with Crippen LogP contribution in [0.1, 0.15) is 11.0 Å². The molecule has 0 N–H and O–H groups in total. The van der Waals surface area contributed by atoms with E-state index in [4.69, 9.17) is 0 Å². The zero-order valence-electron chi connectivity index (χ0n) is 40.0. The number of para-hydroxylation sites is 1. The number of rotatable bonds is 9. The van der Waals surface area contributed by atoms with Gasteiger partial charge in [0.25, 0.3) is 0 Å². The lowest BCUT2D eigenvalue weighted by Crippen LogP contribution is -2.11. The molecular weight excluding hydrogens is 711 g/mol. The first kappa shape index (κ1) is 27.8. The minimum absolute atomic E-state index is 0.0972. The van der Waals surface area contributed by atoms with Gasteiger partial charge in [-0.25, -0.2) is 0 Å². The van der Waals surface area contributed by atoms with Crippen LogP contribution in [0.4, 0.5) is 17.1 Å². The standard InChI is InChI=1S/C58H41N/c1-3-12-42(13-4-1)45-22-24-47(25-23-45)48-32-36-55(37-33-48)59(58-21-10-9-20-57(58)50-29-26-46(27-30-50)43-14-5-2-6-15-43)56-38-34-49(35-39-56)52-18-11-19-53(40-52)54-31-28-44-16-7-8-17-51(44)41-54/h1-41H/i32D,33D,34D,35D,36D,37D,38D,39D. The maximum Gasteiger partial charge on any atom is 0.0645 e. The van der Waals surface area contributed by atoms with Gasteiger partial charge in [-0.3, -0.25) is 0 Å². The number of anilines is 3. The molecular formula is C58H41N. The summed E-state index contributed by atoms with van der Waals surface area (Å²) in [6, 6.07) is 61.1. The van der Waals surface area contributed by atoms with Crippen molar-refractivity contribution in [3.05, 3.63) is 249 Å². The van der Waals surface area contributed by atoms with Gasteiger partial charge in [0.15, 0.2) is 0 Å². The molecule has 0 aliphatic rings. The average Bonchev–Trinajstić information content (AvgIpc) is 3.38. The third kappa shape index (κ3) is 7.46. The summed E-state index contributed by atoms with van der Waals surface area (Å²) in [7, 11) is 0. The highest BCUT2D eigenvalue weighted by Crippen LogP contribution is 2.42. The molecule has 0 fully saturated rings. The van der Waals surface area contributed by atoms with Crippen molar-refractivity contribution in [1.29, 1.82) is 0 Å². The van der Waals surface area contributed by atoms with Gasteiger partial charge in [-0.05, 0) is 114 Å². The van der Waals surface area contributed by atoms with E-state index in [1.807, 2.05) is 164 Å². The molecule has 0 radical (unpaired) electrons. The van der Waals surface area contributed by atoms with Crippen molar-refractivity contribution in [2.24, 2.45) is 0 Å². The van der Waals surface area contributed by atoms with Crippen LogP contribution in [0.15, 0.2) is 249 Å². The van der Waals surface area contributed by atoms with E-state index >= 15 is 0 Å². The summed E-state index contributed by atoms with van der Waals surface area (Å²) >= 11 is 0. The van der Waals surface area contributed by atoms with Crippen LogP contribution in [0.5, 0.6) is 0 Å². The summed E-state index contributed by atoms with van der Waals surface area (Å²) in [4.78, 5) is 1.39. The molecule has 0 aliphatic carbocycles. The van der Waals surface area contributed by atoms with Crippen molar-refractivity contribution in [2.45, 2.75) is 0 Å². The molecule has 0 amide bonds. The predicted octanol–water partition coefficient (Wildman–Crippen LogP) is 16.3. The quantitative estimate of drug-likeness (QED) is 0.142. The molecule has 10 aromatic rings. The molecule has 10 rings (SSSR count). The molecule has 10 aromatic carbocycles. The molecule has 0 saturated carbocycles. The van der Waals surface area contributed by atoms with Gasteiger partial charge in [-0.2, -0.15) is 0 Å². The van der Waals surface area contributed by atoms with E-state index in [1.54, 1.807) is 30.3 Å². The smallest absolute Gasteiger partial charge is 0.0645 e. The van der Waals surface area contributed by atoms with Crippen LogP contribution in [-0.2, 0) is 0 Å². The summed E-state index contributed by atoms with van der Waals surface area (Å²) in [6.45, 7) is 0. The minimum atomic E-state index is -0.404. The highest BCUT2D eigenvalue weighted by atomic mass is 15.1. The second kappa shape index (κ2) is 16.0. The van der Waals surface area contributed by atoms with Crippen molar-refractivity contribution < 1.29 is 11.0 Å². The molecule has 59 heavy (non-hydrogen) atoms. The monoisotopic (exact) mass is 759 g/mol. The van der Waals surface area contributed by atoms with Crippen molar-refractivity contribution in [2.75, 3.05) is 4.90 Å². The molecule has 0 heterocycles. The summed E-state index contributed by atoms with van der Waals surface area (Å²) in [5, 5.41) is 2.16. The lowest BCUT2D eigenvalue weighted by atomic mass is 9.96. The SMILES string of the molecule is [2H]c1c([2H])c(N(c2ccccc2-c2ccc(-c3ccccc3)cc2)c2c([2H])c([2H])c(-c3cccc(-c4ccc5ccccc5c4)c3)c([2H])c2[2H])c([2H])c([2H])c1-c1ccc(-c2ccccc2)cc1. The van der Waals surface area contributed by atoms with Crippen molar-refractivity contribution in [3.8, 4) is 66.8 Å². The van der Waals surface area contributed by atoms with Crippen molar-refractivity contribution >= 4 is 27.8 Å². The van der Waals surface area contributed by atoms with Crippen molar-refractivity contribution in [3.63, 3.8) is 0 Å². The molecule has 0 unspecified atom stereocenters. The molecule has 0 bridgehead atoms. The first-order valence-electron chi connectivity index (χ1n) is 23.6. The van der Waals surface area contributed by atoms with Crippen LogP contribution in [-0.4, -0.2) is 0 Å². The molecule has 0 aliphatic heterocycles. The predicted molar refractivity (Wildman–Crippen MR) is 251 cm³/mol. The highest BCUT2D eigenvalue weighted by molar-refractivity contribution is 5.91. The van der Waals surface area contributed by atoms with E-state index in [-0.39, 0.29) is 46.7 Å². The van der Waals surface area contributed by atoms with Crippen LogP contribution in [0, 0.1) is 0 Å². The molecule has 0 atom stereocenters. The van der Waals surface area contributed by atoms with Gasteiger partial charge in [0.1, 0.15) is 0 Å². The molecule has 278 valence electrons. The van der Waals surface area contributed by atoms with Gasteiger partial charge in [-0.15, -0.1) is 0 Å². The maximum atomic E-state index is 9.73. The largest absolute Gasteiger partial charge is 0.310 e. The topological polar surface area (TPSA) is 3.24 Å². The fourth-order valence-corrected chi connectivity index (χ4v) is 7.55. The molecule has 1 heteroatoms. The Morgan fingerprint density at radius 2 is 0.644 bits per heavy atom. The Labute approximate surface area is 358 Å². The fraction of sp³-hybridized carbons (Fsp3) is 0. The van der Waals surface area contributed by atoms with Gasteiger partial charge in [0.2, 0.25) is 0 Å². The van der Waals surface area contributed by atoms with E-state index in [0.29, 0.717) is 22.4 Å². The zero-order valence-corrected chi connectivity index (χ0v) is 32.0. The Morgan fingerprint density at radius 3 is 1.24 bits per heavy atom. The first-order valence-corrected chi connectivity index (χ1v) is 19.6. The Bertz CT molecular complexity index is 3430. The van der Waals surface area contributed by atoms with Crippen LogP contribution in [0.3, 0.4) is 0 Å². The number of hydrogen-bond donors (Lipinski definition) is 0. The first-order chi connectivity index (χ1) is 32.6. The van der Waals surface area contributed by atoms with Crippen LogP contribution >= 0.6 is 0 Å². The maximum absolute atomic E-state index is 9.73. The second-order valence-electron chi connectivity index (χ2n) is 14.3. The summed E-state index contributed by atoms with van der Waals surface area (Å²) in [6.07, 6.45) is 0. The van der Waals surface area contributed by atoms with Crippen LogP contribution < -0.4 is 4.90 Å². The Hall–Kier alpha value is -7.74. The third-order valence-electron chi connectivity index (χ3n) is 10.6. The molecule has 0 spiro atoms. The fourth-order valence-electron chi connectivity index (χ4n) is 7.55. The highest BCUT2D eigenvalue weighted by Gasteiger charge is 2.18. The van der Waals surface area contributed by atoms with Crippen LogP contribution in [0.25, 0.3) is 77.5 Å². The minimum Gasteiger partial charge on any atom is -0.310 e. The number of benzene rings is 10. The van der Waals surface area contributed by atoms with Crippen LogP contribution in [0.2, 0.25) is 0 Å². The van der Waals surface area contributed by atoms with Gasteiger partial charge >= 0.3 is 0 Å². The van der Waals surface area contributed by atoms with Crippen molar-refractivity contribution in [1.82, 2.24) is 0 Å². The van der Waals surface area contributed by atoms with Gasteiger partial charge < -0.3 is 4.90 Å². The van der Waals surface area contributed by atoms with Gasteiger partial charge in [0.05, 0.1) is 16.7 Å². The average molecular weight is 760 g/mol. The van der Waals surface area contributed by atoms with E-state index in [9.17, 15) is 11.0 Å². The number of hydrogen-bond acceptors (Lipinski definition) is 1. The Kier molecular flexibility index (Phi) is 7.54. The third-order valence-corrected chi connectivity index (χ3v) is 10.6. The Morgan fingerprint density at radius 1 is 0.254 bits per heavy atom. The second-order valence-corrected chi connectivity index (χ2v) is 14.3. The van der Waals surface area contributed by atoms with E-state index in [0.717, 1.165) is 49.7 Å². The zero-order chi connectivity index (χ0) is 46.3. The summed E-state index contributed by atoms with van der Waals surface area (Å²) in [5.41, 5.74) is 8.22. The number of fused-ring (bicyclic) bond motifs is 1. The lowest BCUT2D eigenvalue weighted by Gasteiger charge is -2.28. The molecule has 0 saturated heterocycles. The summed E-state index contributed by atoms with van der Waals surface area (Å²) < 4.78 is 76.8. The molecule has 1 nitrogen and oxygen atoms in total. The number of nitrogens with zero attached hydrogens (tertiary/aromatic N) is 1. The molecule has 0 aromatic heterocycles. The van der Waals surface area contributed by atoms with E-state index in [1.165, 1.54) is 4.90 Å². The summed E-state index contributed by atoms with van der Waals surface area (Å²) in [5.74, 6) is 0. The lowest BCUT2D eigenvalue weighted by molar-refractivity contribution is 1.28. The van der Waals surface area contributed by atoms with E-state index in [2.05, 4.69) is 6.07 Å². The van der Waals surface area contributed by atoms with E-state index < -0.39 is 24.2 Å².